The van der Waals surface area contributed by atoms with Crippen molar-refractivity contribution in [3.8, 4) is 0 Å². The van der Waals surface area contributed by atoms with Gasteiger partial charge < -0.3 is 20.4 Å². The number of aliphatic hydroxyl groups is 4. The number of hydrogen-bond acceptors (Lipinski definition) is 4. The van der Waals surface area contributed by atoms with Crippen LogP contribution in [0.2, 0.25) is 0 Å². The summed E-state index contributed by atoms with van der Waals surface area (Å²) in [7, 11) is 0. The Kier molecular flexibility index (Phi) is 5.14. The molecule has 0 atom stereocenters. The van der Waals surface area contributed by atoms with Crippen LogP contribution < -0.4 is 0 Å². The Balaban J connectivity index is 3.13. The van der Waals surface area contributed by atoms with Gasteiger partial charge in [-0.15, -0.1) is 0 Å². The maximum Gasteiger partial charge on any atom is 0.0685 e. The third-order valence-corrected chi connectivity index (χ3v) is 2.48. The monoisotopic (exact) mass is 224 g/mol. The molecule has 0 spiro atoms. The number of aliphatic hydroxyl groups excluding tert-OH is 4. The van der Waals surface area contributed by atoms with Crippen LogP contribution in [0, 0.1) is 0 Å². The van der Waals surface area contributed by atoms with Gasteiger partial charge in [-0.25, -0.2) is 0 Å². The molecule has 0 aromatic rings. The Morgan fingerprint density at radius 2 is 0.688 bits per heavy atom. The third-order valence-electron chi connectivity index (χ3n) is 2.48. The highest BCUT2D eigenvalue weighted by Crippen LogP contribution is 2.16. The standard InChI is InChI=1S/C12H16O4/c13-5-9-1-2-10(6-14)12(8-16)4-3-11(9)7-15/h1-4,13-16H,5-8H2/b2-1-,4-3-,9-1?,10-2?,11-3?,11-9-,12-4?,12-10-. The first-order valence-electron chi connectivity index (χ1n) is 5.00. The second kappa shape index (κ2) is 6.40. The van der Waals surface area contributed by atoms with Gasteiger partial charge >= 0.3 is 0 Å². The molecule has 0 saturated heterocycles. The van der Waals surface area contributed by atoms with E-state index in [1.807, 2.05) is 0 Å². The maximum atomic E-state index is 9.11. The maximum absolute atomic E-state index is 9.11. The summed E-state index contributed by atoms with van der Waals surface area (Å²) in [6.45, 7) is -0.707. The van der Waals surface area contributed by atoms with Crippen LogP contribution in [0.15, 0.2) is 46.6 Å². The van der Waals surface area contributed by atoms with Crippen LogP contribution >= 0.6 is 0 Å². The normalized spacial score (nSPS) is 29.8. The molecule has 0 aromatic heterocycles. The molecule has 88 valence electrons. The van der Waals surface area contributed by atoms with Gasteiger partial charge in [-0.2, -0.15) is 0 Å². The van der Waals surface area contributed by atoms with Gasteiger partial charge in [-0.05, 0) is 22.3 Å². The van der Waals surface area contributed by atoms with Crippen molar-refractivity contribution in [1.82, 2.24) is 0 Å². The van der Waals surface area contributed by atoms with Gasteiger partial charge in [0.2, 0.25) is 0 Å². The summed E-state index contributed by atoms with van der Waals surface area (Å²) in [6, 6.07) is 0. The highest BCUT2D eigenvalue weighted by Gasteiger charge is 2.06. The van der Waals surface area contributed by atoms with E-state index in [9.17, 15) is 0 Å². The van der Waals surface area contributed by atoms with E-state index in [2.05, 4.69) is 0 Å². The van der Waals surface area contributed by atoms with Crippen LogP contribution in [0.4, 0.5) is 0 Å². The molecular weight excluding hydrogens is 208 g/mol. The zero-order valence-corrected chi connectivity index (χ0v) is 8.93. The third kappa shape index (κ3) is 2.90. The van der Waals surface area contributed by atoms with E-state index in [1.165, 1.54) is 0 Å². The Bertz CT molecular complexity index is 293. The van der Waals surface area contributed by atoms with E-state index in [0.29, 0.717) is 22.3 Å². The van der Waals surface area contributed by atoms with Crippen molar-refractivity contribution in [2.75, 3.05) is 26.4 Å². The summed E-state index contributed by atoms with van der Waals surface area (Å²) in [4.78, 5) is 0. The van der Waals surface area contributed by atoms with Gasteiger partial charge in [0, 0.05) is 0 Å². The van der Waals surface area contributed by atoms with Crippen molar-refractivity contribution < 1.29 is 20.4 Å². The van der Waals surface area contributed by atoms with E-state index >= 15 is 0 Å². The lowest BCUT2D eigenvalue weighted by atomic mass is 10.00. The predicted octanol–water partition coefficient (Wildman–Crippen LogP) is -0.325. The lowest BCUT2D eigenvalue weighted by molar-refractivity contribution is 0.314. The zero-order valence-electron chi connectivity index (χ0n) is 8.93. The second-order valence-electron chi connectivity index (χ2n) is 3.40. The van der Waals surface area contributed by atoms with Crippen LogP contribution in [-0.2, 0) is 0 Å². The van der Waals surface area contributed by atoms with Crippen molar-refractivity contribution in [3.05, 3.63) is 46.6 Å². The van der Waals surface area contributed by atoms with Gasteiger partial charge in [-0.1, -0.05) is 24.3 Å². The Labute approximate surface area is 94.2 Å². The highest BCUT2D eigenvalue weighted by molar-refractivity contribution is 5.45. The van der Waals surface area contributed by atoms with Crippen molar-refractivity contribution in [2.45, 2.75) is 0 Å². The second-order valence-corrected chi connectivity index (χ2v) is 3.40. The zero-order chi connectivity index (χ0) is 12.0. The van der Waals surface area contributed by atoms with Gasteiger partial charge in [0.1, 0.15) is 0 Å². The first-order chi connectivity index (χ1) is 7.76. The molecule has 0 fully saturated rings. The smallest absolute Gasteiger partial charge is 0.0685 e. The first-order valence-corrected chi connectivity index (χ1v) is 5.00. The Hall–Kier alpha value is -1.20. The summed E-state index contributed by atoms with van der Waals surface area (Å²) < 4.78 is 0. The predicted molar refractivity (Wildman–Crippen MR) is 60.7 cm³/mol. The van der Waals surface area contributed by atoms with E-state index in [4.69, 9.17) is 20.4 Å². The molecule has 0 amide bonds. The molecule has 4 nitrogen and oxygen atoms in total. The fourth-order valence-electron chi connectivity index (χ4n) is 1.45. The molecule has 0 bridgehead atoms. The average Bonchev–Trinajstić information content (AvgIpc) is 2.30. The topological polar surface area (TPSA) is 80.9 Å². The molecule has 0 heterocycles. The fourth-order valence-corrected chi connectivity index (χ4v) is 1.45. The SMILES string of the molecule is OCC1=C(CO)/C=C\C(CO)=C(CO)/C=C\1. The minimum absolute atomic E-state index is 0.177. The molecule has 4 N–H and O–H groups in total. The number of rotatable bonds is 4. The summed E-state index contributed by atoms with van der Waals surface area (Å²) in [5, 5.41) is 36.4. The van der Waals surface area contributed by atoms with Crippen LogP contribution in [0.1, 0.15) is 0 Å². The largest absolute Gasteiger partial charge is 0.392 e. The van der Waals surface area contributed by atoms with Crippen molar-refractivity contribution in [3.63, 3.8) is 0 Å². The van der Waals surface area contributed by atoms with E-state index in [1.54, 1.807) is 24.3 Å². The van der Waals surface area contributed by atoms with Crippen LogP contribution in [0.3, 0.4) is 0 Å². The quantitative estimate of drug-likeness (QED) is 0.527. The minimum Gasteiger partial charge on any atom is -0.392 e. The van der Waals surface area contributed by atoms with Crippen LogP contribution in [0.25, 0.3) is 0 Å². The molecule has 0 saturated carbocycles. The molecule has 4 heteroatoms. The molecular formula is C12H16O4. The molecule has 1 aliphatic rings. The van der Waals surface area contributed by atoms with Crippen LogP contribution in [0.5, 0.6) is 0 Å². The van der Waals surface area contributed by atoms with Gasteiger partial charge in [-0.3, -0.25) is 0 Å². The number of hydrogen-bond donors (Lipinski definition) is 4. The molecule has 0 radical (unpaired) electrons. The molecule has 1 aliphatic carbocycles. The van der Waals surface area contributed by atoms with Gasteiger partial charge in [0.15, 0.2) is 0 Å². The molecule has 16 heavy (non-hydrogen) atoms. The first kappa shape index (κ1) is 12.9. The minimum atomic E-state index is -0.177. The van der Waals surface area contributed by atoms with E-state index < -0.39 is 0 Å². The van der Waals surface area contributed by atoms with Gasteiger partial charge in [0.05, 0.1) is 26.4 Å². The highest BCUT2D eigenvalue weighted by atomic mass is 16.3. The van der Waals surface area contributed by atoms with E-state index in [-0.39, 0.29) is 26.4 Å². The Morgan fingerprint density at radius 1 is 0.500 bits per heavy atom. The van der Waals surface area contributed by atoms with Crippen molar-refractivity contribution >= 4 is 0 Å². The fraction of sp³-hybridized carbons (Fsp3) is 0.333. The molecule has 0 unspecified atom stereocenters. The van der Waals surface area contributed by atoms with Gasteiger partial charge in [0.25, 0.3) is 0 Å². The van der Waals surface area contributed by atoms with Crippen molar-refractivity contribution in [2.24, 2.45) is 0 Å². The average molecular weight is 224 g/mol. The molecule has 0 aliphatic heterocycles. The molecule has 1 rings (SSSR count). The van der Waals surface area contributed by atoms with Crippen molar-refractivity contribution in [1.29, 1.82) is 0 Å². The Morgan fingerprint density at radius 3 is 0.812 bits per heavy atom. The lowest BCUT2D eigenvalue weighted by Crippen LogP contribution is -2.03. The molecule has 0 aromatic carbocycles. The summed E-state index contributed by atoms with van der Waals surface area (Å²) in [5.41, 5.74) is 2.40. The summed E-state index contributed by atoms with van der Waals surface area (Å²) >= 11 is 0. The summed E-state index contributed by atoms with van der Waals surface area (Å²) in [5.74, 6) is 0. The van der Waals surface area contributed by atoms with E-state index in [0.717, 1.165) is 0 Å². The van der Waals surface area contributed by atoms with Crippen LogP contribution in [-0.4, -0.2) is 46.9 Å². The lowest BCUT2D eigenvalue weighted by Gasteiger charge is -2.10. The summed E-state index contributed by atoms with van der Waals surface area (Å²) in [6.07, 6.45) is 6.54.